The van der Waals surface area contributed by atoms with E-state index in [2.05, 4.69) is 30.9 Å². The van der Waals surface area contributed by atoms with Crippen molar-refractivity contribution in [3.63, 3.8) is 0 Å². The first-order valence-corrected chi connectivity index (χ1v) is 15.3. The maximum absolute atomic E-state index is 14.1. The lowest BCUT2D eigenvalue weighted by Gasteiger charge is -2.38. The van der Waals surface area contributed by atoms with E-state index < -0.39 is 60.8 Å². The maximum Gasteiger partial charge on any atom is 0.405 e. The van der Waals surface area contributed by atoms with Gasteiger partial charge in [-0.1, -0.05) is 19.0 Å². The van der Waals surface area contributed by atoms with Crippen LogP contribution in [0.5, 0.6) is 0 Å². The summed E-state index contributed by atoms with van der Waals surface area (Å²) in [5.41, 5.74) is 1.91. The Morgan fingerprint density at radius 2 is 1.70 bits per heavy atom. The first kappa shape index (κ1) is 32.0. The van der Waals surface area contributed by atoms with Gasteiger partial charge in [0, 0.05) is 15.7 Å². The molecule has 2 atom stereocenters. The molecule has 4 aliphatic rings. The van der Waals surface area contributed by atoms with Crippen LogP contribution in [0.4, 0.5) is 22.0 Å². The molecule has 2 aromatic heterocycles. The summed E-state index contributed by atoms with van der Waals surface area (Å²) in [6.45, 7) is 4.17. The van der Waals surface area contributed by atoms with E-state index in [9.17, 15) is 31.5 Å². The number of aromatic amines is 1. The minimum atomic E-state index is -4.66. The predicted molar refractivity (Wildman–Crippen MR) is 155 cm³/mol. The predicted octanol–water partition coefficient (Wildman–Crippen LogP) is 5.47. The third kappa shape index (κ3) is 6.81. The second kappa shape index (κ2) is 12.2. The van der Waals surface area contributed by atoms with Crippen molar-refractivity contribution in [1.29, 1.82) is 0 Å². The van der Waals surface area contributed by atoms with Crippen molar-refractivity contribution in [2.24, 2.45) is 22.9 Å². The molecular weight excluding hydrogens is 589 g/mol. The number of rotatable bonds is 9. The van der Waals surface area contributed by atoms with E-state index in [1.54, 1.807) is 13.0 Å². The lowest BCUT2D eigenvalue weighted by atomic mass is 9.69. The normalized spacial score (nSPS) is 23.3. The van der Waals surface area contributed by atoms with Gasteiger partial charge in [-0.25, -0.2) is 18.7 Å². The van der Waals surface area contributed by atoms with Crippen molar-refractivity contribution in [2.75, 3.05) is 6.54 Å². The number of hydrogen-bond donors (Lipinski definition) is 4. The van der Waals surface area contributed by atoms with Crippen molar-refractivity contribution in [1.82, 2.24) is 31.1 Å². The molecule has 4 N–H and O–H groups in total. The summed E-state index contributed by atoms with van der Waals surface area (Å²) in [4.78, 5) is 43.7. The van der Waals surface area contributed by atoms with Crippen LogP contribution in [0.3, 0.4) is 0 Å². The molecule has 15 heteroatoms. The molecule has 2 aromatic rings. The van der Waals surface area contributed by atoms with Crippen LogP contribution in [0.2, 0.25) is 0 Å². The quantitative estimate of drug-likeness (QED) is 0.271. The Kier molecular flexibility index (Phi) is 8.89. The summed E-state index contributed by atoms with van der Waals surface area (Å²) in [6.07, 6.45) is -2.53. The topological polar surface area (TPSA) is 133 Å². The van der Waals surface area contributed by atoms with Crippen molar-refractivity contribution in [3.8, 4) is 0 Å². The number of nitrogens with one attached hydrogen (secondary N) is 4. The highest BCUT2D eigenvalue weighted by Gasteiger charge is 2.51. The summed E-state index contributed by atoms with van der Waals surface area (Å²) in [6, 6.07) is 2.17. The van der Waals surface area contributed by atoms with Crippen LogP contribution in [-0.2, 0) is 19.9 Å². The fraction of sp³-hybridized carbons (Fsp3) is 0.690. The molecule has 1 aliphatic heterocycles. The zero-order valence-corrected chi connectivity index (χ0v) is 24.9. The molecule has 0 spiro atoms. The summed E-state index contributed by atoms with van der Waals surface area (Å²) in [7, 11) is 0. The van der Waals surface area contributed by atoms with Crippen LogP contribution < -0.4 is 16.1 Å². The van der Waals surface area contributed by atoms with E-state index in [1.165, 1.54) is 6.07 Å². The average Bonchev–Trinajstić information content (AvgIpc) is 3.92. The molecule has 246 valence electrons. The number of pyridine rings is 1. The smallest absolute Gasteiger partial charge is 0.346 e. The highest BCUT2D eigenvalue weighted by Crippen LogP contribution is 2.54. The first-order valence-electron chi connectivity index (χ1n) is 15.3. The summed E-state index contributed by atoms with van der Waals surface area (Å²) < 4.78 is 66.9. The Hall–Kier alpha value is -3.36. The zero-order chi connectivity index (χ0) is 31.9. The fourth-order valence-electron chi connectivity index (χ4n) is 6.30. The molecule has 0 aromatic carbocycles. The third-order valence-electron chi connectivity index (χ3n) is 8.89. The number of carbonyl (C=O) groups excluding carboxylic acids is 2. The van der Waals surface area contributed by atoms with E-state index in [1.807, 2.05) is 19.2 Å². The highest BCUT2D eigenvalue weighted by atomic mass is 19.4. The maximum atomic E-state index is 14.1. The number of carbonyl (C=O) groups is 2. The molecule has 0 saturated heterocycles. The standard InChI is InChI=1S/C27H32F5N7O3.C2H6.2H2/c1-13-19(39-42-38-13)23(40)36-20(18(14-2-3-14)15-4-5-15)22-34-16-6-7-17(35-21(16)37-22)25(8-10-26(28,29)11-9-25)24(41)33-12-27(30,31)32;1-2;;/h6-7,13-15,18,20,38H,2-5,8-12H2,1H3,(H,33,41)(H,36,40)(H,34,35,37);1-2H3;2*1H. The zero-order valence-electron chi connectivity index (χ0n) is 24.9. The van der Waals surface area contributed by atoms with Gasteiger partial charge >= 0.3 is 6.18 Å². The van der Waals surface area contributed by atoms with E-state index in [0.29, 0.717) is 23.2 Å². The van der Waals surface area contributed by atoms with Crippen LogP contribution in [0.1, 0.15) is 92.6 Å². The van der Waals surface area contributed by atoms with Gasteiger partial charge in [0.2, 0.25) is 11.8 Å². The van der Waals surface area contributed by atoms with E-state index in [0.717, 1.165) is 25.7 Å². The second-order valence-corrected chi connectivity index (χ2v) is 12.0. The molecule has 0 bridgehead atoms. The lowest BCUT2D eigenvalue weighted by Crippen LogP contribution is -2.50. The van der Waals surface area contributed by atoms with Crippen LogP contribution in [-0.4, -0.2) is 57.2 Å². The second-order valence-electron chi connectivity index (χ2n) is 12.0. The molecule has 44 heavy (non-hydrogen) atoms. The van der Waals surface area contributed by atoms with Crippen LogP contribution in [0.25, 0.3) is 11.2 Å². The Morgan fingerprint density at radius 3 is 2.25 bits per heavy atom. The van der Waals surface area contributed by atoms with E-state index in [-0.39, 0.29) is 38.7 Å². The minimum Gasteiger partial charge on any atom is -0.346 e. The van der Waals surface area contributed by atoms with Gasteiger partial charge in [0.15, 0.2) is 11.4 Å². The first-order chi connectivity index (χ1) is 20.9. The number of alkyl halides is 5. The van der Waals surface area contributed by atoms with Gasteiger partial charge in [0.1, 0.15) is 12.4 Å². The molecular formula is C29H42F5N7O3. The van der Waals surface area contributed by atoms with E-state index in [4.69, 9.17) is 4.94 Å². The van der Waals surface area contributed by atoms with Gasteiger partial charge < -0.3 is 15.6 Å². The van der Waals surface area contributed by atoms with Crippen molar-refractivity contribution in [2.45, 2.75) is 102 Å². The van der Waals surface area contributed by atoms with Gasteiger partial charge in [-0.05, 0) is 75.3 Å². The number of amides is 2. The summed E-state index contributed by atoms with van der Waals surface area (Å²) in [5, 5.41) is 8.78. The number of imidazole rings is 1. The molecule has 3 aliphatic carbocycles. The van der Waals surface area contributed by atoms with Crippen LogP contribution >= 0.6 is 0 Å². The summed E-state index contributed by atoms with van der Waals surface area (Å²) >= 11 is 0. The Morgan fingerprint density at radius 1 is 1.07 bits per heavy atom. The number of fused-ring (bicyclic) bond motifs is 1. The minimum absolute atomic E-state index is 0. The molecule has 6 rings (SSSR count). The average molecular weight is 632 g/mol. The van der Waals surface area contributed by atoms with Crippen LogP contribution in [0, 0.1) is 17.8 Å². The fourth-order valence-corrected chi connectivity index (χ4v) is 6.30. The van der Waals surface area contributed by atoms with Gasteiger partial charge in [-0.15, -0.1) is 5.48 Å². The Balaban J connectivity index is 0.00000141. The highest BCUT2D eigenvalue weighted by molar-refractivity contribution is 6.40. The Labute approximate surface area is 254 Å². The SMILES string of the molecule is CC.CC1NON=C1C(=O)NC(c1nc2nc(C3(C(=O)NCC(F)(F)F)CCC(F)(F)CC3)ccc2[nH]1)C(C1CC1)C1CC1.[HH].[HH]. The lowest BCUT2D eigenvalue weighted by molar-refractivity contribution is -0.145. The number of oxime groups is 1. The third-order valence-corrected chi connectivity index (χ3v) is 8.89. The molecule has 2 unspecified atom stereocenters. The molecule has 3 fully saturated rings. The number of hydrogen-bond acceptors (Lipinski definition) is 7. The summed E-state index contributed by atoms with van der Waals surface area (Å²) in [5.74, 6) is -3.00. The van der Waals surface area contributed by atoms with Crippen molar-refractivity contribution >= 4 is 28.7 Å². The van der Waals surface area contributed by atoms with Gasteiger partial charge in [0.05, 0.1) is 28.7 Å². The van der Waals surface area contributed by atoms with Gasteiger partial charge in [-0.2, -0.15) is 13.2 Å². The number of nitrogens with zero attached hydrogens (tertiary/aromatic N) is 3. The van der Waals surface area contributed by atoms with Gasteiger partial charge in [0.25, 0.3) is 5.91 Å². The number of halogens is 5. The largest absolute Gasteiger partial charge is 0.405 e. The monoisotopic (exact) mass is 631 g/mol. The molecule has 10 nitrogen and oxygen atoms in total. The molecule has 2 amide bonds. The number of hydroxylamine groups is 1. The van der Waals surface area contributed by atoms with Gasteiger partial charge in [-0.3, -0.25) is 14.5 Å². The van der Waals surface area contributed by atoms with Crippen LogP contribution in [0.15, 0.2) is 17.3 Å². The Bertz CT molecular complexity index is 1390. The molecule has 3 saturated carbocycles. The number of aromatic nitrogens is 3. The molecule has 3 heterocycles. The molecule has 0 radical (unpaired) electrons. The van der Waals surface area contributed by atoms with Crippen molar-refractivity contribution in [3.05, 3.63) is 23.7 Å². The number of H-pyrrole nitrogens is 1. The van der Waals surface area contributed by atoms with E-state index >= 15 is 0 Å². The van der Waals surface area contributed by atoms with Crippen molar-refractivity contribution < 1.29 is 39.3 Å².